The fourth-order valence-corrected chi connectivity index (χ4v) is 3.37. The number of amides is 1. The second-order valence-electron chi connectivity index (χ2n) is 7.16. The molecule has 1 amide bonds. The molecule has 160 valence electrons. The number of fused-ring (bicyclic) bond motifs is 2. The summed E-state index contributed by atoms with van der Waals surface area (Å²) in [5.41, 5.74) is 0.799. The van der Waals surface area contributed by atoms with Gasteiger partial charge in [0.1, 0.15) is 11.6 Å². The number of benzene rings is 3. The molecule has 3 aromatic rings. The molecular weight excluding hydrogens is 420 g/mol. The highest BCUT2D eigenvalue weighted by Gasteiger charge is 2.30. The topological polar surface area (TPSA) is 89.5 Å². The third kappa shape index (κ3) is 3.90. The normalized spacial score (nSPS) is 13.1. The molecule has 3 aromatic carbocycles. The van der Waals surface area contributed by atoms with Gasteiger partial charge in [0.05, 0.1) is 5.56 Å². The molecule has 0 aromatic heterocycles. The smallest absolute Gasteiger partial charge is 0.339 e. The minimum atomic E-state index is -1.30. The zero-order valence-corrected chi connectivity index (χ0v) is 16.6. The Morgan fingerprint density at radius 2 is 1.38 bits per heavy atom. The summed E-state index contributed by atoms with van der Waals surface area (Å²) in [5.74, 6) is -4.36. The summed E-state index contributed by atoms with van der Waals surface area (Å²) in [6.45, 7) is 1.28. The molecule has 1 aliphatic carbocycles. The van der Waals surface area contributed by atoms with Crippen LogP contribution in [0.15, 0.2) is 60.7 Å². The standard InChI is InChI=1S/C24H15F2NO5/c1-12(32-24(31)13-8-14(25)10-15(26)9-13)23(30)27-16-6-7-19-20(11-16)22(29)18-5-3-2-4-17(18)21(19)28/h2-12H,1H3,(H,27,30). The maximum absolute atomic E-state index is 13.3. The Labute approximate surface area is 180 Å². The molecule has 1 N–H and O–H groups in total. The average Bonchev–Trinajstić information content (AvgIpc) is 2.76. The highest BCUT2D eigenvalue weighted by Crippen LogP contribution is 2.29. The molecule has 0 bridgehead atoms. The van der Waals surface area contributed by atoms with Crippen LogP contribution in [-0.4, -0.2) is 29.5 Å². The molecule has 1 unspecified atom stereocenters. The molecule has 0 fully saturated rings. The maximum Gasteiger partial charge on any atom is 0.339 e. The Hall–Kier alpha value is -4.20. The SMILES string of the molecule is CC(OC(=O)c1cc(F)cc(F)c1)C(=O)Nc1ccc2c(c1)C(=O)c1ccccc1C2=O. The number of esters is 1. The second-order valence-corrected chi connectivity index (χ2v) is 7.16. The van der Waals surface area contributed by atoms with Gasteiger partial charge in [0.15, 0.2) is 17.7 Å². The van der Waals surface area contributed by atoms with Crippen LogP contribution < -0.4 is 5.32 Å². The van der Waals surface area contributed by atoms with Crippen molar-refractivity contribution in [2.75, 3.05) is 5.32 Å². The Morgan fingerprint density at radius 1 is 0.812 bits per heavy atom. The van der Waals surface area contributed by atoms with Crippen molar-refractivity contribution in [3.63, 3.8) is 0 Å². The van der Waals surface area contributed by atoms with E-state index in [0.29, 0.717) is 11.6 Å². The average molecular weight is 435 g/mol. The lowest BCUT2D eigenvalue weighted by Gasteiger charge is -2.19. The first-order valence-corrected chi connectivity index (χ1v) is 9.55. The Kier molecular flexibility index (Phi) is 5.36. The first-order chi connectivity index (χ1) is 15.2. The van der Waals surface area contributed by atoms with E-state index >= 15 is 0 Å². The van der Waals surface area contributed by atoms with Crippen LogP contribution in [0.4, 0.5) is 14.5 Å². The minimum absolute atomic E-state index is 0.145. The van der Waals surface area contributed by atoms with Crippen LogP contribution in [0, 0.1) is 11.6 Å². The lowest BCUT2D eigenvalue weighted by molar-refractivity contribution is -0.123. The third-order valence-electron chi connectivity index (χ3n) is 4.94. The summed E-state index contributed by atoms with van der Waals surface area (Å²) in [6.07, 6.45) is -1.30. The predicted molar refractivity (Wildman–Crippen MR) is 110 cm³/mol. The summed E-state index contributed by atoms with van der Waals surface area (Å²) in [4.78, 5) is 50.0. The van der Waals surface area contributed by atoms with Crippen molar-refractivity contribution in [2.24, 2.45) is 0 Å². The van der Waals surface area contributed by atoms with Crippen LogP contribution in [0.3, 0.4) is 0 Å². The number of halogens is 2. The summed E-state index contributed by atoms with van der Waals surface area (Å²) >= 11 is 0. The van der Waals surface area contributed by atoms with Crippen LogP contribution in [0.1, 0.15) is 49.1 Å². The zero-order valence-electron chi connectivity index (χ0n) is 16.6. The van der Waals surface area contributed by atoms with Crippen molar-refractivity contribution in [1.29, 1.82) is 0 Å². The molecule has 0 spiro atoms. The van der Waals surface area contributed by atoms with Gasteiger partial charge in [-0.3, -0.25) is 14.4 Å². The molecule has 1 aliphatic rings. The van der Waals surface area contributed by atoms with Gasteiger partial charge in [-0.2, -0.15) is 0 Å². The van der Waals surface area contributed by atoms with Gasteiger partial charge in [0.2, 0.25) is 0 Å². The highest BCUT2D eigenvalue weighted by atomic mass is 19.1. The lowest BCUT2D eigenvalue weighted by atomic mass is 9.84. The van der Waals surface area contributed by atoms with E-state index in [2.05, 4.69) is 5.32 Å². The van der Waals surface area contributed by atoms with Crippen LogP contribution >= 0.6 is 0 Å². The second kappa shape index (κ2) is 8.14. The van der Waals surface area contributed by atoms with Gasteiger partial charge >= 0.3 is 5.97 Å². The first-order valence-electron chi connectivity index (χ1n) is 9.55. The van der Waals surface area contributed by atoms with Crippen LogP contribution in [-0.2, 0) is 9.53 Å². The monoisotopic (exact) mass is 435 g/mol. The quantitative estimate of drug-likeness (QED) is 0.491. The Bertz CT molecular complexity index is 1280. The number of ketones is 2. The van der Waals surface area contributed by atoms with Crippen LogP contribution in [0.2, 0.25) is 0 Å². The fraction of sp³-hybridized carbons (Fsp3) is 0.0833. The van der Waals surface area contributed by atoms with E-state index in [1.165, 1.54) is 25.1 Å². The fourth-order valence-electron chi connectivity index (χ4n) is 3.37. The number of carbonyl (C=O) groups is 4. The van der Waals surface area contributed by atoms with Gasteiger partial charge in [-0.25, -0.2) is 13.6 Å². The van der Waals surface area contributed by atoms with Crippen molar-refractivity contribution >= 4 is 29.1 Å². The predicted octanol–water partition coefficient (Wildman–Crippen LogP) is 3.92. The Balaban J connectivity index is 1.50. The van der Waals surface area contributed by atoms with Crippen molar-refractivity contribution in [2.45, 2.75) is 13.0 Å². The number of carbonyl (C=O) groups excluding carboxylic acids is 4. The third-order valence-corrected chi connectivity index (χ3v) is 4.94. The molecule has 4 rings (SSSR count). The van der Waals surface area contributed by atoms with Gasteiger partial charge in [-0.15, -0.1) is 0 Å². The number of hydrogen-bond acceptors (Lipinski definition) is 5. The molecule has 0 aliphatic heterocycles. The van der Waals surface area contributed by atoms with E-state index in [9.17, 15) is 28.0 Å². The van der Waals surface area contributed by atoms with Gasteiger partial charge < -0.3 is 10.1 Å². The first kappa shape index (κ1) is 21.0. The van der Waals surface area contributed by atoms with E-state index in [4.69, 9.17) is 4.74 Å². The number of rotatable bonds is 4. The van der Waals surface area contributed by atoms with E-state index in [-0.39, 0.29) is 39.5 Å². The molecule has 0 saturated carbocycles. The summed E-state index contributed by atoms with van der Waals surface area (Å²) < 4.78 is 31.5. The van der Waals surface area contributed by atoms with Gasteiger partial charge in [-0.05, 0) is 37.3 Å². The van der Waals surface area contributed by atoms with Gasteiger partial charge in [-0.1, -0.05) is 24.3 Å². The van der Waals surface area contributed by atoms with Crippen molar-refractivity contribution in [3.8, 4) is 0 Å². The van der Waals surface area contributed by atoms with Crippen molar-refractivity contribution < 1.29 is 32.7 Å². The van der Waals surface area contributed by atoms with Crippen molar-refractivity contribution in [1.82, 2.24) is 0 Å². The molecule has 6 nitrogen and oxygen atoms in total. The molecule has 0 heterocycles. The molecule has 32 heavy (non-hydrogen) atoms. The van der Waals surface area contributed by atoms with Crippen LogP contribution in [0.5, 0.6) is 0 Å². The number of anilines is 1. The maximum atomic E-state index is 13.3. The van der Waals surface area contributed by atoms with Gasteiger partial charge in [0, 0.05) is 34.0 Å². The summed E-state index contributed by atoms with van der Waals surface area (Å²) in [7, 11) is 0. The highest BCUT2D eigenvalue weighted by molar-refractivity contribution is 6.28. The Morgan fingerprint density at radius 3 is 2.00 bits per heavy atom. The zero-order chi connectivity index (χ0) is 23.0. The molecule has 1 atom stereocenters. The molecule has 0 radical (unpaired) electrons. The number of nitrogens with one attached hydrogen (secondary N) is 1. The minimum Gasteiger partial charge on any atom is -0.449 e. The number of ether oxygens (including phenoxy) is 1. The van der Waals surface area contributed by atoms with Crippen molar-refractivity contribution in [3.05, 3.63) is 100 Å². The van der Waals surface area contributed by atoms with Crippen LogP contribution in [0.25, 0.3) is 0 Å². The number of hydrogen-bond donors (Lipinski definition) is 1. The summed E-state index contributed by atoms with van der Waals surface area (Å²) in [6, 6.07) is 12.9. The van der Waals surface area contributed by atoms with E-state index in [1.54, 1.807) is 24.3 Å². The molecular formula is C24H15F2NO5. The lowest BCUT2D eigenvalue weighted by Crippen LogP contribution is -2.30. The largest absolute Gasteiger partial charge is 0.449 e. The van der Waals surface area contributed by atoms with E-state index in [1.807, 2.05) is 0 Å². The summed E-state index contributed by atoms with van der Waals surface area (Å²) in [5, 5.41) is 2.50. The molecule has 8 heteroatoms. The van der Waals surface area contributed by atoms with E-state index < -0.39 is 29.6 Å². The van der Waals surface area contributed by atoms with Gasteiger partial charge in [0.25, 0.3) is 5.91 Å². The van der Waals surface area contributed by atoms with E-state index in [0.717, 1.165) is 12.1 Å². The molecule has 0 saturated heterocycles.